The van der Waals surface area contributed by atoms with Gasteiger partial charge in [0.25, 0.3) is 5.91 Å². The van der Waals surface area contributed by atoms with E-state index in [9.17, 15) is 4.79 Å². The highest BCUT2D eigenvalue weighted by Crippen LogP contribution is 2.26. The van der Waals surface area contributed by atoms with E-state index in [1.165, 1.54) is 19.3 Å². The van der Waals surface area contributed by atoms with Gasteiger partial charge in [0, 0.05) is 12.1 Å². The molecule has 3 rings (SSSR count). The number of nitrogens with one attached hydrogen (secondary N) is 2. The van der Waals surface area contributed by atoms with Crippen molar-refractivity contribution in [3.8, 4) is 11.3 Å². The molecule has 1 heterocycles. The fourth-order valence-electron chi connectivity index (χ4n) is 3.28. The van der Waals surface area contributed by atoms with E-state index >= 15 is 0 Å². The Kier molecular flexibility index (Phi) is 5.64. The molecule has 5 heteroatoms. The van der Waals surface area contributed by atoms with Crippen LogP contribution >= 0.6 is 0 Å². The Morgan fingerprint density at radius 1 is 1.29 bits per heavy atom. The van der Waals surface area contributed by atoms with Crippen molar-refractivity contribution in [1.29, 1.82) is 0 Å². The molecule has 0 spiro atoms. The predicted octanol–water partition coefficient (Wildman–Crippen LogP) is 3.40. The first-order chi connectivity index (χ1) is 11.8. The van der Waals surface area contributed by atoms with Gasteiger partial charge in [-0.15, -0.1) is 0 Å². The quantitative estimate of drug-likeness (QED) is 0.799. The molecular weight excluding hydrogens is 302 g/mol. The zero-order valence-corrected chi connectivity index (χ0v) is 14.1. The summed E-state index contributed by atoms with van der Waals surface area (Å²) >= 11 is 0. The van der Waals surface area contributed by atoms with Crippen molar-refractivity contribution in [2.45, 2.75) is 38.7 Å². The molecule has 1 amide bonds. The normalized spacial score (nSPS) is 20.7. The van der Waals surface area contributed by atoms with Gasteiger partial charge >= 0.3 is 0 Å². The summed E-state index contributed by atoms with van der Waals surface area (Å²) in [6.45, 7) is 3.32. The van der Waals surface area contributed by atoms with Crippen LogP contribution in [0.5, 0.6) is 0 Å². The predicted molar refractivity (Wildman–Crippen MR) is 93.7 cm³/mol. The van der Waals surface area contributed by atoms with Crippen molar-refractivity contribution >= 4 is 5.91 Å². The van der Waals surface area contributed by atoms with Gasteiger partial charge < -0.3 is 10.1 Å². The summed E-state index contributed by atoms with van der Waals surface area (Å²) in [7, 11) is 0. The van der Waals surface area contributed by atoms with Crippen LogP contribution in [-0.4, -0.2) is 35.4 Å². The third kappa shape index (κ3) is 4.03. The van der Waals surface area contributed by atoms with Crippen molar-refractivity contribution in [1.82, 2.24) is 15.5 Å². The van der Waals surface area contributed by atoms with Crippen LogP contribution in [0.25, 0.3) is 11.3 Å². The molecule has 1 saturated carbocycles. The van der Waals surface area contributed by atoms with E-state index in [0.29, 0.717) is 30.7 Å². The van der Waals surface area contributed by atoms with Crippen LogP contribution in [0.15, 0.2) is 36.5 Å². The van der Waals surface area contributed by atoms with Crippen LogP contribution in [-0.2, 0) is 4.74 Å². The van der Waals surface area contributed by atoms with E-state index in [2.05, 4.69) is 22.4 Å². The number of carbonyl (C=O) groups excluding carboxylic acids is 1. The third-order valence-corrected chi connectivity index (χ3v) is 4.70. The summed E-state index contributed by atoms with van der Waals surface area (Å²) in [5.74, 6) is 0.496. The molecule has 0 radical (unpaired) electrons. The number of aromatic amines is 1. The van der Waals surface area contributed by atoms with Gasteiger partial charge in [-0.3, -0.25) is 9.89 Å². The molecule has 2 unspecified atom stereocenters. The summed E-state index contributed by atoms with van der Waals surface area (Å²) in [6, 6.07) is 9.74. The molecule has 2 atom stereocenters. The van der Waals surface area contributed by atoms with Crippen molar-refractivity contribution in [3.05, 3.63) is 42.1 Å². The van der Waals surface area contributed by atoms with E-state index in [1.807, 2.05) is 30.3 Å². The zero-order chi connectivity index (χ0) is 16.8. The molecule has 1 fully saturated rings. The minimum absolute atomic E-state index is 0.122. The number of hydrogen-bond donors (Lipinski definition) is 2. The molecule has 128 valence electrons. The second-order valence-corrected chi connectivity index (χ2v) is 6.45. The van der Waals surface area contributed by atoms with Gasteiger partial charge in [0.1, 0.15) is 0 Å². The molecule has 1 aliphatic carbocycles. The molecule has 0 saturated heterocycles. The fourth-order valence-corrected chi connectivity index (χ4v) is 3.28. The lowest BCUT2D eigenvalue weighted by molar-refractivity contribution is -0.00293. The standard InChI is InChI=1S/C19H25N3O2/c1-14-7-5-6-10-17(14)24-12-11-20-19(23)16-13-21-22-18(16)15-8-3-2-4-9-15/h2-4,8-9,13-14,17H,5-7,10-12H2,1H3,(H,20,23)(H,21,22). The molecule has 24 heavy (non-hydrogen) atoms. The maximum absolute atomic E-state index is 12.4. The van der Waals surface area contributed by atoms with Crippen LogP contribution in [0.2, 0.25) is 0 Å². The monoisotopic (exact) mass is 327 g/mol. The van der Waals surface area contributed by atoms with Gasteiger partial charge in [0.05, 0.1) is 30.2 Å². The van der Waals surface area contributed by atoms with Crippen LogP contribution < -0.4 is 5.32 Å². The Balaban J connectivity index is 1.50. The molecule has 1 aliphatic rings. The van der Waals surface area contributed by atoms with Crippen LogP contribution in [0, 0.1) is 5.92 Å². The number of aromatic nitrogens is 2. The lowest BCUT2D eigenvalue weighted by Crippen LogP contribution is -2.31. The number of ether oxygens (including phenoxy) is 1. The first-order valence-corrected chi connectivity index (χ1v) is 8.74. The lowest BCUT2D eigenvalue weighted by Gasteiger charge is -2.28. The topological polar surface area (TPSA) is 67.0 Å². The summed E-state index contributed by atoms with van der Waals surface area (Å²) < 4.78 is 5.94. The number of H-pyrrole nitrogens is 1. The highest BCUT2D eigenvalue weighted by molar-refractivity contribution is 5.99. The van der Waals surface area contributed by atoms with Crippen LogP contribution in [0.4, 0.5) is 0 Å². The lowest BCUT2D eigenvalue weighted by atomic mass is 9.88. The summed E-state index contributed by atoms with van der Waals surface area (Å²) in [6.07, 6.45) is 6.84. The zero-order valence-electron chi connectivity index (χ0n) is 14.1. The number of hydrogen-bond acceptors (Lipinski definition) is 3. The maximum Gasteiger partial charge on any atom is 0.255 e. The first kappa shape index (κ1) is 16.7. The Bertz CT molecular complexity index is 654. The van der Waals surface area contributed by atoms with Crippen LogP contribution in [0.1, 0.15) is 43.0 Å². The minimum Gasteiger partial charge on any atom is -0.376 e. The first-order valence-electron chi connectivity index (χ1n) is 8.74. The average Bonchev–Trinajstić information content (AvgIpc) is 3.10. The molecule has 0 aliphatic heterocycles. The largest absolute Gasteiger partial charge is 0.376 e. The highest BCUT2D eigenvalue weighted by Gasteiger charge is 2.21. The molecule has 5 nitrogen and oxygen atoms in total. The van der Waals surface area contributed by atoms with Gasteiger partial charge in [0.2, 0.25) is 0 Å². The van der Waals surface area contributed by atoms with Crippen LogP contribution in [0.3, 0.4) is 0 Å². The average molecular weight is 327 g/mol. The van der Waals surface area contributed by atoms with Gasteiger partial charge in [-0.05, 0) is 18.8 Å². The van der Waals surface area contributed by atoms with E-state index < -0.39 is 0 Å². The van der Waals surface area contributed by atoms with E-state index in [4.69, 9.17) is 4.74 Å². The molecular formula is C19H25N3O2. The molecule has 2 aromatic rings. The van der Waals surface area contributed by atoms with E-state index in [0.717, 1.165) is 17.7 Å². The van der Waals surface area contributed by atoms with Gasteiger partial charge in [-0.1, -0.05) is 50.1 Å². The Hall–Kier alpha value is -2.14. The molecule has 0 bridgehead atoms. The number of amides is 1. The smallest absolute Gasteiger partial charge is 0.255 e. The number of nitrogens with zero attached hydrogens (tertiary/aromatic N) is 1. The van der Waals surface area contributed by atoms with Gasteiger partial charge in [-0.2, -0.15) is 5.10 Å². The molecule has 1 aromatic carbocycles. The fraction of sp³-hybridized carbons (Fsp3) is 0.474. The van der Waals surface area contributed by atoms with E-state index in [-0.39, 0.29) is 5.91 Å². The second-order valence-electron chi connectivity index (χ2n) is 6.45. The van der Waals surface area contributed by atoms with Crippen molar-refractivity contribution in [2.75, 3.05) is 13.2 Å². The number of carbonyl (C=O) groups is 1. The summed E-state index contributed by atoms with van der Waals surface area (Å²) in [5.41, 5.74) is 2.26. The van der Waals surface area contributed by atoms with E-state index in [1.54, 1.807) is 6.20 Å². The van der Waals surface area contributed by atoms with Crippen molar-refractivity contribution in [3.63, 3.8) is 0 Å². The summed E-state index contributed by atoms with van der Waals surface area (Å²) in [5, 5.41) is 9.85. The number of benzene rings is 1. The SMILES string of the molecule is CC1CCCCC1OCCNC(=O)c1cn[nH]c1-c1ccccc1. The highest BCUT2D eigenvalue weighted by atomic mass is 16.5. The third-order valence-electron chi connectivity index (χ3n) is 4.70. The van der Waals surface area contributed by atoms with Gasteiger partial charge in [0.15, 0.2) is 0 Å². The van der Waals surface area contributed by atoms with Crippen molar-refractivity contribution in [2.24, 2.45) is 5.92 Å². The Morgan fingerprint density at radius 3 is 2.88 bits per heavy atom. The molecule has 1 aromatic heterocycles. The number of rotatable bonds is 6. The molecule has 2 N–H and O–H groups in total. The van der Waals surface area contributed by atoms with Gasteiger partial charge in [-0.25, -0.2) is 0 Å². The second kappa shape index (κ2) is 8.11. The Morgan fingerprint density at radius 2 is 2.08 bits per heavy atom. The minimum atomic E-state index is -0.122. The van der Waals surface area contributed by atoms with Crippen molar-refractivity contribution < 1.29 is 9.53 Å². The maximum atomic E-state index is 12.4. The summed E-state index contributed by atoms with van der Waals surface area (Å²) in [4.78, 5) is 12.4. The Labute approximate surface area is 142 Å².